The van der Waals surface area contributed by atoms with E-state index in [1.54, 1.807) is 6.08 Å². The maximum atomic E-state index is 6.04. The van der Waals surface area contributed by atoms with E-state index in [-0.39, 0.29) is 12.4 Å². The summed E-state index contributed by atoms with van der Waals surface area (Å²) in [5.74, 6) is 0.842. The van der Waals surface area contributed by atoms with Crippen LogP contribution in [-0.4, -0.2) is 6.61 Å². The SMILES string of the molecule is C=CCOc1ccc(Cl)cc1CNCc1ccccc1.Cl. The maximum absolute atomic E-state index is 6.04. The molecule has 0 amide bonds. The fourth-order valence-electron chi connectivity index (χ4n) is 1.91. The van der Waals surface area contributed by atoms with Crippen molar-refractivity contribution in [2.24, 2.45) is 0 Å². The van der Waals surface area contributed by atoms with Crippen LogP contribution in [0.2, 0.25) is 5.02 Å². The van der Waals surface area contributed by atoms with Gasteiger partial charge in [0.25, 0.3) is 0 Å². The Hall–Kier alpha value is -1.48. The van der Waals surface area contributed by atoms with Crippen LogP contribution >= 0.6 is 24.0 Å². The first kappa shape index (κ1) is 17.6. The van der Waals surface area contributed by atoms with E-state index in [1.165, 1.54) is 5.56 Å². The average Bonchev–Trinajstić information content (AvgIpc) is 2.47. The Morgan fingerprint density at radius 2 is 1.86 bits per heavy atom. The molecular formula is C17H19Cl2NO. The van der Waals surface area contributed by atoms with E-state index in [0.717, 1.165) is 17.9 Å². The van der Waals surface area contributed by atoms with Gasteiger partial charge in [-0.1, -0.05) is 54.6 Å². The topological polar surface area (TPSA) is 21.3 Å². The first-order valence-corrected chi connectivity index (χ1v) is 6.94. The van der Waals surface area contributed by atoms with E-state index in [0.29, 0.717) is 18.2 Å². The standard InChI is InChI=1S/C17H18ClNO.ClH/c1-2-10-20-17-9-8-16(18)11-15(17)13-19-12-14-6-4-3-5-7-14;/h2-9,11,19H,1,10,12-13H2;1H. The highest BCUT2D eigenvalue weighted by molar-refractivity contribution is 6.30. The highest BCUT2D eigenvalue weighted by atomic mass is 35.5. The molecule has 0 heterocycles. The largest absolute Gasteiger partial charge is 0.489 e. The first-order chi connectivity index (χ1) is 9.79. The van der Waals surface area contributed by atoms with E-state index < -0.39 is 0 Å². The van der Waals surface area contributed by atoms with Crippen molar-refractivity contribution in [1.29, 1.82) is 0 Å². The maximum Gasteiger partial charge on any atom is 0.124 e. The van der Waals surface area contributed by atoms with Gasteiger partial charge >= 0.3 is 0 Å². The molecule has 1 N–H and O–H groups in total. The number of rotatable bonds is 7. The van der Waals surface area contributed by atoms with Gasteiger partial charge in [-0.05, 0) is 23.8 Å². The number of hydrogen-bond acceptors (Lipinski definition) is 2. The number of hydrogen-bond donors (Lipinski definition) is 1. The molecule has 2 nitrogen and oxygen atoms in total. The van der Waals surface area contributed by atoms with Gasteiger partial charge in [0, 0.05) is 23.7 Å². The molecule has 0 atom stereocenters. The van der Waals surface area contributed by atoms with E-state index >= 15 is 0 Å². The zero-order valence-corrected chi connectivity index (χ0v) is 13.3. The van der Waals surface area contributed by atoms with Gasteiger partial charge in [-0.25, -0.2) is 0 Å². The summed E-state index contributed by atoms with van der Waals surface area (Å²) in [5, 5.41) is 4.11. The van der Waals surface area contributed by atoms with Crippen molar-refractivity contribution in [1.82, 2.24) is 5.32 Å². The van der Waals surface area contributed by atoms with Gasteiger partial charge in [-0.2, -0.15) is 0 Å². The normalized spacial score (nSPS) is 9.76. The minimum atomic E-state index is 0. The lowest BCUT2D eigenvalue weighted by Gasteiger charge is -2.11. The highest BCUT2D eigenvalue weighted by Crippen LogP contribution is 2.23. The molecule has 0 radical (unpaired) electrons. The lowest BCUT2D eigenvalue weighted by atomic mass is 10.2. The minimum absolute atomic E-state index is 0. The third-order valence-electron chi connectivity index (χ3n) is 2.87. The lowest BCUT2D eigenvalue weighted by Crippen LogP contribution is -2.13. The Labute approximate surface area is 137 Å². The van der Waals surface area contributed by atoms with Crippen molar-refractivity contribution in [3.05, 3.63) is 77.3 Å². The summed E-state index contributed by atoms with van der Waals surface area (Å²) in [6.07, 6.45) is 1.73. The molecule has 0 aliphatic heterocycles. The molecule has 0 fully saturated rings. The fourth-order valence-corrected chi connectivity index (χ4v) is 2.11. The number of benzene rings is 2. The zero-order chi connectivity index (χ0) is 14.2. The van der Waals surface area contributed by atoms with Crippen LogP contribution < -0.4 is 10.1 Å². The average molecular weight is 324 g/mol. The molecule has 0 saturated heterocycles. The summed E-state index contributed by atoms with van der Waals surface area (Å²) in [4.78, 5) is 0. The van der Waals surface area contributed by atoms with E-state index in [1.807, 2.05) is 36.4 Å². The first-order valence-electron chi connectivity index (χ1n) is 6.56. The molecule has 2 aromatic carbocycles. The molecule has 0 saturated carbocycles. The molecule has 112 valence electrons. The highest BCUT2D eigenvalue weighted by Gasteiger charge is 2.04. The molecule has 2 rings (SSSR count). The van der Waals surface area contributed by atoms with Gasteiger partial charge in [-0.15, -0.1) is 12.4 Å². The molecule has 21 heavy (non-hydrogen) atoms. The minimum Gasteiger partial charge on any atom is -0.489 e. The Morgan fingerprint density at radius 3 is 2.57 bits per heavy atom. The molecule has 2 aromatic rings. The van der Waals surface area contributed by atoms with Crippen molar-refractivity contribution < 1.29 is 4.74 Å². The summed E-state index contributed by atoms with van der Waals surface area (Å²) in [6, 6.07) is 15.9. The predicted octanol–water partition coefficient (Wildman–Crippen LogP) is 4.62. The summed E-state index contributed by atoms with van der Waals surface area (Å²) in [6.45, 7) is 5.68. The molecule has 0 aliphatic carbocycles. The van der Waals surface area contributed by atoms with Crippen molar-refractivity contribution in [2.45, 2.75) is 13.1 Å². The summed E-state index contributed by atoms with van der Waals surface area (Å²) >= 11 is 6.04. The van der Waals surface area contributed by atoms with Gasteiger partial charge in [-0.3, -0.25) is 0 Å². The van der Waals surface area contributed by atoms with Crippen molar-refractivity contribution in [2.75, 3.05) is 6.61 Å². The summed E-state index contributed by atoms with van der Waals surface area (Å²) in [7, 11) is 0. The monoisotopic (exact) mass is 323 g/mol. The second-order valence-corrected chi connectivity index (χ2v) is 4.88. The molecule has 0 spiro atoms. The molecule has 0 aliphatic rings. The third-order valence-corrected chi connectivity index (χ3v) is 3.10. The zero-order valence-electron chi connectivity index (χ0n) is 11.7. The number of halogens is 2. The Balaban J connectivity index is 0.00000220. The van der Waals surface area contributed by atoms with Crippen LogP contribution in [0.15, 0.2) is 61.2 Å². The van der Waals surface area contributed by atoms with Crippen molar-refractivity contribution in [3.8, 4) is 5.75 Å². The van der Waals surface area contributed by atoms with Crippen molar-refractivity contribution in [3.63, 3.8) is 0 Å². The van der Waals surface area contributed by atoms with Crippen LogP contribution in [0.4, 0.5) is 0 Å². The number of ether oxygens (including phenoxy) is 1. The smallest absolute Gasteiger partial charge is 0.124 e. The third kappa shape index (κ3) is 5.80. The van der Waals surface area contributed by atoms with E-state index in [9.17, 15) is 0 Å². The van der Waals surface area contributed by atoms with Crippen LogP contribution in [0.5, 0.6) is 5.75 Å². The lowest BCUT2D eigenvalue weighted by molar-refractivity contribution is 0.358. The van der Waals surface area contributed by atoms with Crippen LogP contribution in [0.1, 0.15) is 11.1 Å². The summed E-state index contributed by atoms with van der Waals surface area (Å²) in [5.41, 5.74) is 2.30. The number of nitrogens with one attached hydrogen (secondary N) is 1. The fraction of sp³-hybridized carbons (Fsp3) is 0.176. The van der Waals surface area contributed by atoms with Crippen LogP contribution in [0, 0.1) is 0 Å². The Bertz CT molecular complexity index is 558. The Morgan fingerprint density at radius 1 is 1.10 bits per heavy atom. The van der Waals surface area contributed by atoms with E-state index in [2.05, 4.69) is 24.0 Å². The van der Waals surface area contributed by atoms with Crippen LogP contribution in [0.25, 0.3) is 0 Å². The van der Waals surface area contributed by atoms with Crippen LogP contribution in [0.3, 0.4) is 0 Å². The molecule has 4 heteroatoms. The second kappa shape index (κ2) is 9.46. The van der Waals surface area contributed by atoms with Gasteiger partial charge in [0.15, 0.2) is 0 Å². The second-order valence-electron chi connectivity index (χ2n) is 4.44. The molecule has 0 unspecified atom stereocenters. The van der Waals surface area contributed by atoms with Gasteiger partial charge < -0.3 is 10.1 Å². The molecular weight excluding hydrogens is 305 g/mol. The van der Waals surface area contributed by atoms with Crippen molar-refractivity contribution >= 4 is 24.0 Å². The van der Waals surface area contributed by atoms with Gasteiger partial charge in [0.2, 0.25) is 0 Å². The summed E-state index contributed by atoms with van der Waals surface area (Å²) < 4.78 is 5.63. The van der Waals surface area contributed by atoms with Crippen LogP contribution in [-0.2, 0) is 13.1 Å². The molecule has 0 bridgehead atoms. The predicted molar refractivity (Wildman–Crippen MR) is 91.4 cm³/mol. The Kier molecular flexibility index (Phi) is 7.91. The van der Waals surface area contributed by atoms with E-state index in [4.69, 9.17) is 16.3 Å². The molecule has 0 aromatic heterocycles. The van der Waals surface area contributed by atoms with Gasteiger partial charge in [0.1, 0.15) is 12.4 Å². The quantitative estimate of drug-likeness (QED) is 0.751. The van der Waals surface area contributed by atoms with Gasteiger partial charge in [0.05, 0.1) is 0 Å².